The van der Waals surface area contributed by atoms with Gasteiger partial charge in [0.1, 0.15) is 0 Å². The number of nitrogens with one attached hydrogen (secondary N) is 1. The molecule has 0 aliphatic heterocycles. The average Bonchev–Trinajstić information content (AvgIpc) is 2.65. The molecule has 104 valence electrons. The lowest BCUT2D eigenvalue weighted by Gasteiger charge is -2.19. The molecule has 2 N–H and O–H groups in total. The Morgan fingerprint density at radius 3 is 2.79 bits per heavy atom. The number of hydrogen-bond donors (Lipinski definition) is 2. The van der Waals surface area contributed by atoms with E-state index in [-0.39, 0.29) is 18.4 Å². The van der Waals surface area contributed by atoms with E-state index in [0.717, 1.165) is 11.1 Å². The molecular weight excluding hydrogens is 244 g/mol. The Bertz CT molecular complexity index is 613. The Labute approximate surface area is 111 Å². The molecule has 19 heavy (non-hydrogen) atoms. The van der Waals surface area contributed by atoms with Crippen molar-refractivity contribution in [3.8, 4) is 0 Å². The van der Waals surface area contributed by atoms with Gasteiger partial charge in [-0.1, -0.05) is 19.9 Å². The summed E-state index contributed by atoms with van der Waals surface area (Å²) in [7, 11) is 1.69. The molecule has 2 rings (SSSR count). The van der Waals surface area contributed by atoms with Crippen LogP contribution in [-0.2, 0) is 13.6 Å². The number of benzene rings is 1. The number of nitrogens with zero attached hydrogens (tertiary/aromatic N) is 1. The smallest absolute Gasteiger partial charge is 0.408 e. The van der Waals surface area contributed by atoms with Crippen LogP contribution >= 0.6 is 0 Å². The Kier molecular flexibility index (Phi) is 4.07. The lowest BCUT2D eigenvalue weighted by atomic mass is 10.1. The zero-order valence-corrected chi connectivity index (χ0v) is 11.5. The van der Waals surface area contributed by atoms with Crippen molar-refractivity contribution in [2.45, 2.75) is 26.4 Å². The third kappa shape index (κ3) is 2.88. The van der Waals surface area contributed by atoms with Crippen molar-refractivity contribution >= 4 is 11.1 Å². The molecule has 0 saturated carbocycles. The van der Waals surface area contributed by atoms with Gasteiger partial charge in [-0.25, -0.2) is 4.79 Å². The van der Waals surface area contributed by atoms with Crippen LogP contribution in [0.5, 0.6) is 0 Å². The second-order valence-electron chi connectivity index (χ2n) is 5.14. The first-order chi connectivity index (χ1) is 9.02. The minimum absolute atomic E-state index is 0.0680. The van der Waals surface area contributed by atoms with Crippen LogP contribution in [0.2, 0.25) is 0 Å². The Balaban J connectivity index is 2.16. The van der Waals surface area contributed by atoms with E-state index in [2.05, 4.69) is 19.2 Å². The Hall–Kier alpha value is -1.59. The first-order valence-corrected chi connectivity index (χ1v) is 6.45. The molecule has 2 aromatic rings. The van der Waals surface area contributed by atoms with Gasteiger partial charge in [0.15, 0.2) is 5.58 Å². The third-order valence-corrected chi connectivity index (χ3v) is 3.43. The minimum atomic E-state index is -0.351. The number of hydrogen-bond acceptors (Lipinski definition) is 4. The summed E-state index contributed by atoms with van der Waals surface area (Å²) in [6.45, 7) is 4.87. The molecule has 1 aromatic heterocycles. The van der Waals surface area contributed by atoms with Crippen LogP contribution in [0.3, 0.4) is 0 Å². The van der Waals surface area contributed by atoms with E-state index in [0.29, 0.717) is 18.0 Å². The van der Waals surface area contributed by atoms with Crippen LogP contribution < -0.4 is 11.1 Å². The first kappa shape index (κ1) is 13.8. The van der Waals surface area contributed by atoms with Gasteiger partial charge in [0.25, 0.3) is 0 Å². The molecule has 5 heteroatoms. The van der Waals surface area contributed by atoms with E-state index in [1.165, 1.54) is 4.57 Å². The maximum absolute atomic E-state index is 11.4. The number of oxazole rings is 1. The first-order valence-electron chi connectivity index (χ1n) is 6.45. The lowest BCUT2D eigenvalue weighted by molar-refractivity contribution is 0.210. The van der Waals surface area contributed by atoms with E-state index in [4.69, 9.17) is 4.42 Å². The Morgan fingerprint density at radius 1 is 1.42 bits per heavy atom. The van der Waals surface area contributed by atoms with Crippen LogP contribution in [0.15, 0.2) is 27.4 Å². The van der Waals surface area contributed by atoms with Crippen LogP contribution in [0.4, 0.5) is 0 Å². The molecule has 1 aromatic carbocycles. The second-order valence-corrected chi connectivity index (χ2v) is 5.14. The normalized spacial score (nSPS) is 13.3. The molecule has 0 aliphatic rings. The topological polar surface area (TPSA) is 67.4 Å². The van der Waals surface area contributed by atoms with Crippen molar-refractivity contribution in [1.82, 2.24) is 9.88 Å². The summed E-state index contributed by atoms with van der Waals surface area (Å²) in [5.74, 6) is 0.0129. The lowest BCUT2D eigenvalue weighted by Crippen LogP contribution is -2.36. The van der Waals surface area contributed by atoms with Gasteiger partial charge in [0.05, 0.1) is 12.1 Å². The van der Waals surface area contributed by atoms with Gasteiger partial charge < -0.3 is 14.8 Å². The number of aromatic nitrogens is 1. The summed E-state index contributed by atoms with van der Waals surface area (Å²) in [6, 6.07) is 5.76. The van der Waals surface area contributed by atoms with Gasteiger partial charge in [0.2, 0.25) is 0 Å². The van der Waals surface area contributed by atoms with Crippen molar-refractivity contribution in [3.63, 3.8) is 0 Å². The summed E-state index contributed by atoms with van der Waals surface area (Å²) in [5, 5.41) is 12.6. The van der Waals surface area contributed by atoms with Crippen molar-refractivity contribution in [1.29, 1.82) is 0 Å². The molecule has 1 unspecified atom stereocenters. The fraction of sp³-hybridized carbons (Fsp3) is 0.500. The number of rotatable bonds is 5. The van der Waals surface area contributed by atoms with Gasteiger partial charge in [-0.05, 0) is 23.6 Å². The summed E-state index contributed by atoms with van der Waals surface area (Å²) in [4.78, 5) is 11.4. The van der Waals surface area contributed by atoms with Gasteiger partial charge in [-0.15, -0.1) is 0 Å². The van der Waals surface area contributed by atoms with Crippen molar-refractivity contribution in [2.24, 2.45) is 13.0 Å². The van der Waals surface area contributed by atoms with Gasteiger partial charge >= 0.3 is 5.76 Å². The minimum Gasteiger partial charge on any atom is -0.408 e. The second kappa shape index (κ2) is 5.59. The predicted octanol–water partition coefficient (Wildman–Crippen LogP) is 1.24. The van der Waals surface area contributed by atoms with Gasteiger partial charge in [-0.3, -0.25) is 4.57 Å². The van der Waals surface area contributed by atoms with E-state index in [1.54, 1.807) is 7.05 Å². The van der Waals surface area contributed by atoms with Crippen LogP contribution in [0, 0.1) is 5.92 Å². The predicted molar refractivity (Wildman–Crippen MR) is 74.0 cm³/mol. The van der Waals surface area contributed by atoms with Crippen LogP contribution in [-0.4, -0.2) is 22.3 Å². The molecule has 0 bridgehead atoms. The summed E-state index contributed by atoms with van der Waals surface area (Å²) in [5.41, 5.74) is 2.41. The van der Waals surface area contributed by atoms with Gasteiger partial charge in [-0.2, -0.15) is 0 Å². The third-order valence-electron chi connectivity index (χ3n) is 3.43. The number of aliphatic hydroxyl groups is 1. The monoisotopic (exact) mass is 264 g/mol. The van der Waals surface area contributed by atoms with Crippen LogP contribution in [0.25, 0.3) is 11.1 Å². The quantitative estimate of drug-likeness (QED) is 0.852. The standard InChI is InChI=1S/C14H20N2O3/c1-9(2)11(8-17)15-7-10-4-5-12-13(6-10)19-14(18)16(12)3/h4-6,9,11,15,17H,7-8H2,1-3H3. The molecule has 1 atom stereocenters. The Morgan fingerprint density at radius 2 is 2.16 bits per heavy atom. The molecule has 0 radical (unpaired) electrons. The highest BCUT2D eigenvalue weighted by Gasteiger charge is 2.12. The summed E-state index contributed by atoms with van der Waals surface area (Å²) in [6.07, 6.45) is 0. The van der Waals surface area contributed by atoms with E-state index in [9.17, 15) is 9.90 Å². The maximum atomic E-state index is 11.4. The molecule has 0 fully saturated rings. The van der Waals surface area contributed by atoms with Gasteiger partial charge in [0, 0.05) is 19.6 Å². The fourth-order valence-corrected chi connectivity index (χ4v) is 2.05. The molecular formula is C14H20N2O3. The number of aryl methyl sites for hydroxylation is 1. The highest BCUT2D eigenvalue weighted by atomic mass is 16.4. The zero-order valence-electron chi connectivity index (χ0n) is 11.5. The van der Waals surface area contributed by atoms with E-state index >= 15 is 0 Å². The molecule has 0 saturated heterocycles. The SMILES string of the molecule is CC(C)C(CO)NCc1ccc2c(c1)oc(=O)n2C. The molecule has 0 spiro atoms. The zero-order chi connectivity index (χ0) is 14.0. The molecule has 0 aliphatic carbocycles. The molecule has 0 amide bonds. The summed E-state index contributed by atoms with van der Waals surface area (Å²) < 4.78 is 6.63. The number of fused-ring (bicyclic) bond motifs is 1. The van der Waals surface area contributed by atoms with Crippen LogP contribution in [0.1, 0.15) is 19.4 Å². The fourth-order valence-electron chi connectivity index (χ4n) is 2.05. The highest BCUT2D eigenvalue weighted by molar-refractivity contribution is 5.73. The average molecular weight is 264 g/mol. The van der Waals surface area contributed by atoms with Crippen molar-refractivity contribution < 1.29 is 9.52 Å². The molecule has 1 heterocycles. The largest absolute Gasteiger partial charge is 0.419 e. The number of aliphatic hydroxyl groups excluding tert-OH is 1. The summed E-state index contributed by atoms with van der Waals surface area (Å²) >= 11 is 0. The van der Waals surface area contributed by atoms with Crippen molar-refractivity contribution in [3.05, 3.63) is 34.3 Å². The van der Waals surface area contributed by atoms with E-state index in [1.807, 2.05) is 18.2 Å². The molecule has 5 nitrogen and oxygen atoms in total. The van der Waals surface area contributed by atoms with Crippen molar-refractivity contribution in [2.75, 3.05) is 6.61 Å². The maximum Gasteiger partial charge on any atom is 0.419 e. The highest BCUT2D eigenvalue weighted by Crippen LogP contribution is 2.14. The van der Waals surface area contributed by atoms with E-state index < -0.39 is 0 Å².